The molecule has 6 nitrogen and oxygen atoms in total. The molecule has 3 aromatic rings. The van der Waals surface area contributed by atoms with E-state index < -0.39 is 0 Å². The van der Waals surface area contributed by atoms with E-state index in [0.29, 0.717) is 22.9 Å². The summed E-state index contributed by atoms with van der Waals surface area (Å²) in [5.74, 6) is 1.22. The lowest BCUT2D eigenvalue weighted by atomic mass is 10.1. The second kappa shape index (κ2) is 7.97. The number of H-pyrrole nitrogens is 1. The number of hydrogen-bond donors (Lipinski definition) is 2. The van der Waals surface area contributed by atoms with Crippen LogP contribution in [0, 0.1) is 11.7 Å². The van der Waals surface area contributed by atoms with Crippen LogP contribution >= 0.6 is 12.2 Å². The van der Waals surface area contributed by atoms with Crippen molar-refractivity contribution in [3.8, 4) is 17.1 Å². The van der Waals surface area contributed by atoms with E-state index in [0.717, 1.165) is 16.9 Å². The summed E-state index contributed by atoms with van der Waals surface area (Å²) in [4.78, 5) is 12.4. The van der Waals surface area contributed by atoms with Crippen LogP contribution in [-0.2, 0) is 11.3 Å². The SMILES string of the molecule is CCOc1ccc(NC(=O)Cn2c(-c3ccc(C)cc3)n[nH]c2=S)cc1. The van der Waals surface area contributed by atoms with Gasteiger partial charge in [-0.1, -0.05) is 29.8 Å². The molecule has 0 saturated carbocycles. The van der Waals surface area contributed by atoms with Gasteiger partial charge in [0.05, 0.1) is 6.61 Å². The number of carbonyl (C=O) groups is 1. The van der Waals surface area contributed by atoms with Crippen LogP contribution in [0.15, 0.2) is 48.5 Å². The van der Waals surface area contributed by atoms with Crippen LogP contribution in [0.4, 0.5) is 5.69 Å². The van der Waals surface area contributed by atoms with Crippen LogP contribution in [0.3, 0.4) is 0 Å². The summed E-state index contributed by atoms with van der Waals surface area (Å²) in [5.41, 5.74) is 2.75. The number of aromatic nitrogens is 3. The zero-order valence-electron chi connectivity index (χ0n) is 14.7. The predicted octanol–water partition coefficient (Wildman–Crippen LogP) is 3.95. The molecule has 0 fully saturated rings. The minimum absolute atomic E-state index is 0.0752. The highest BCUT2D eigenvalue weighted by atomic mass is 32.1. The second-order valence-corrected chi connectivity index (χ2v) is 6.20. The smallest absolute Gasteiger partial charge is 0.244 e. The molecule has 3 rings (SSSR count). The predicted molar refractivity (Wildman–Crippen MR) is 104 cm³/mol. The fourth-order valence-corrected chi connectivity index (χ4v) is 2.73. The highest BCUT2D eigenvalue weighted by Gasteiger charge is 2.12. The Kier molecular flexibility index (Phi) is 5.48. The Morgan fingerprint density at radius 1 is 1.19 bits per heavy atom. The van der Waals surface area contributed by atoms with E-state index in [1.54, 1.807) is 16.7 Å². The molecule has 0 aliphatic rings. The van der Waals surface area contributed by atoms with E-state index in [2.05, 4.69) is 15.5 Å². The standard InChI is InChI=1S/C19H20N4O2S/c1-3-25-16-10-8-15(9-11-16)20-17(24)12-23-18(21-22-19(23)26)14-6-4-13(2)5-7-14/h4-11H,3,12H2,1-2H3,(H,20,24)(H,22,26). The lowest BCUT2D eigenvalue weighted by molar-refractivity contribution is -0.116. The average molecular weight is 368 g/mol. The van der Waals surface area contributed by atoms with Crippen LogP contribution in [0.1, 0.15) is 12.5 Å². The Labute approximate surface area is 156 Å². The fraction of sp³-hybridized carbons (Fsp3) is 0.211. The van der Waals surface area contributed by atoms with Gasteiger partial charge in [-0.15, -0.1) is 0 Å². The third-order valence-corrected chi connectivity index (χ3v) is 4.13. The molecule has 0 bridgehead atoms. The first-order valence-corrected chi connectivity index (χ1v) is 8.72. The van der Waals surface area contributed by atoms with Gasteiger partial charge in [0.25, 0.3) is 0 Å². The van der Waals surface area contributed by atoms with Crippen molar-refractivity contribution in [3.05, 3.63) is 58.9 Å². The van der Waals surface area contributed by atoms with Crippen molar-refractivity contribution in [2.45, 2.75) is 20.4 Å². The molecule has 0 aliphatic heterocycles. The zero-order valence-corrected chi connectivity index (χ0v) is 15.5. The van der Waals surface area contributed by atoms with Crippen LogP contribution < -0.4 is 10.1 Å². The summed E-state index contributed by atoms with van der Waals surface area (Å²) in [5, 5.41) is 9.88. The molecule has 1 heterocycles. The molecule has 134 valence electrons. The van der Waals surface area contributed by atoms with E-state index in [1.165, 1.54) is 0 Å². The Morgan fingerprint density at radius 2 is 1.88 bits per heavy atom. The summed E-state index contributed by atoms with van der Waals surface area (Å²) in [7, 11) is 0. The van der Waals surface area contributed by atoms with Crippen molar-refractivity contribution in [1.82, 2.24) is 14.8 Å². The summed E-state index contributed by atoms with van der Waals surface area (Å²) >= 11 is 5.28. The second-order valence-electron chi connectivity index (χ2n) is 5.81. The fourth-order valence-electron chi connectivity index (χ4n) is 2.53. The van der Waals surface area contributed by atoms with Crippen molar-refractivity contribution in [1.29, 1.82) is 0 Å². The van der Waals surface area contributed by atoms with Crippen molar-refractivity contribution in [2.75, 3.05) is 11.9 Å². The lowest BCUT2D eigenvalue weighted by Crippen LogP contribution is -2.19. The minimum Gasteiger partial charge on any atom is -0.494 e. The third kappa shape index (κ3) is 4.18. The first kappa shape index (κ1) is 17.9. The maximum atomic E-state index is 12.4. The van der Waals surface area contributed by atoms with Crippen molar-refractivity contribution < 1.29 is 9.53 Å². The summed E-state index contributed by atoms with van der Waals surface area (Å²) in [6.45, 7) is 4.62. The maximum absolute atomic E-state index is 12.4. The zero-order chi connectivity index (χ0) is 18.5. The monoisotopic (exact) mass is 368 g/mol. The van der Waals surface area contributed by atoms with E-state index in [-0.39, 0.29) is 12.5 Å². The molecule has 0 saturated heterocycles. The molecule has 7 heteroatoms. The maximum Gasteiger partial charge on any atom is 0.244 e. The normalized spacial score (nSPS) is 10.5. The Hall–Kier alpha value is -2.93. The van der Waals surface area contributed by atoms with Gasteiger partial charge < -0.3 is 10.1 Å². The van der Waals surface area contributed by atoms with Gasteiger partial charge in [0.1, 0.15) is 12.3 Å². The largest absolute Gasteiger partial charge is 0.494 e. The summed E-state index contributed by atoms with van der Waals surface area (Å²) < 4.78 is 7.49. The van der Waals surface area contributed by atoms with Crippen LogP contribution in [-0.4, -0.2) is 27.3 Å². The van der Waals surface area contributed by atoms with Crippen LogP contribution in [0.5, 0.6) is 5.75 Å². The quantitative estimate of drug-likeness (QED) is 0.646. The van der Waals surface area contributed by atoms with E-state index in [9.17, 15) is 4.79 Å². The number of aryl methyl sites for hydroxylation is 1. The molecule has 0 aliphatic carbocycles. The lowest BCUT2D eigenvalue weighted by Gasteiger charge is -2.09. The number of aromatic amines is 1. The molecule has 1 aromatic heterocycles. The average Bonchev–Trinajstić information content (AvgIpc) is 2.98. The number of amides is 1. The summed E-state index contributed by atoms with van der Waals surface area (Å²) in [6.07, 6.45) is 0. The van der Waals surface area contributed by atoms with E-state index in [4.69, 9.17) is 17.0 Å². The number of hydrogen-bond acceptors (Lipinski definition) is 4. The summed E-state index contributed by atoms with van der Waals surface area (Å²) in [6, 6.07) is 15.2. The third-order valence-electron chi connectivity index (χ3n) is 3.82. The number of benzene rings is 2. The molecule has 2 aromatic carbocycles. The Bertz CT molecular complexity index is 943. The number of rotatable bonds is 6. The van der Waals surface area contributed by atoms with E-state index in [1.807, 2.05) is 50.2 Å². The number of anilines is 1. The molecule has 0 spiro atoms. The van der Waals surface area contributed by atoms with Crippen molar-refractivity contribution in [3.63, 3.8) is 0 Å². The number of nitrogens with one attached hydrogen (secondary N) is 2. The van der Waals surface area contributed by atoms with Crippen molar-refractivity contribution >= 4 is 23.8 Å². The molecular formula is C19H20N4O2S. The van der Waals surface area contributed by atoms with Gasteiger partial charge >= 0.3 is 0 Å². The minimum atomic E-state index is -0.181. The van der Waals surface area contributed by atoms with Gasteiger partial charge in [-0.25, -0.2) is 0 Å². The molecule has 26 heavy (non-hydrogen) atoms. The highest BCUT2D eigenvalue weighted by molar-refractivity contribution is 7.71. The number of carbonyl (C=O) groups excluding carboxylic acids is 1. The molecule has 2 N–H and O–H groups in total. The molecule has 0 atom stereocenters. The van der Waals surface area contributed by atoms with Gasteiger partial charge in [-0.2, -0.15) is 5.10 Å². The molecular weight excluding hydrogens is 348 g/mol. The van der Waals surface area contributed by atoms with Crippen LogP contribution in [0.2, 0.25) is 0 Å². The topological polar surface area (TPSA) is 71.9 Å². The highest BCUT2D eigenvalue weighted by Crippen LogP contribution is 2.19. The first-order chi connectivity index (χ1) is 12.6. The van der Waals surface area contributed by atoms with Gasteiger partial charge in [0.2, 0.25) is 5.91 Å². The number of ether oxygens (including phenoxy) is 1. The number of nitrogens with zero attached hydrogens (tertiary/aromatic N) is 2. The van der Waals surface area contributed by atoms with Crippen LogP contribution in [0.25, 0.3) is 11.4 Å². The molecule has 0 unspecified atom stereocenters. The van der Waals surface area contributed by atoms with Gasteiger partial charge in [0.15, 0.2) is 10.6 Å². The molecule has 1 amide bonds. The van der Waals surface area contributed by atoms with E-state index >= 15 is 0 Å². The first-order valence-electron chi connectivity index (χ1n) is 8.32. The van der Waals surface area contributed by atoms with Gasteiger partial charge in [0, 0.05) is 11.3 Å². The van der Waals surface area contributed by atoms with Gasteiger partial charge in [-0.3, -0.25) is 14.5 Å². The molecule has 0 radical (unpaired) electrons. The Morgan fingerprint density at radius 3 is 2.54 bits per heavy atom. The van der Waals surface area contributed by atoms with Crippen molar-refractivity contribution in [2.24, 2.45) is 0 Å². The van der Waals surface area contributed by atoms with Gasteiger partial charge in [-0.05, 0) is 50.3 Å². The Balaban J connectivity index is 1.74.